The van der Waals surface area contributed by atoms with E-state index in [9.17, 15) is 9.59 Å². The van der Waals surface area contributed by atoms with Gasteiger partial charge >= 0.3 is 12.0 Å². The van der Waals surface area contributed by atoms with Crippen LogP contribution in [0.5, 0.6) is 0 Å². The molecule has 0 bridgehead atoms. The largest absolute Gasteiger partial charge is 0.481 e. The second-order valence-corrected chi connectivity index (χ2v) is 5.71. The summed E-state index contributed by atoms with van der Waals surface area (Å²) < 4.78 is 5.20. The second kappa shape index (κ2) is 6.23. The molecule has 110 valence electrons. The average molecular weight is 298 g/mol. The molecule has 0 saturated carbocycles. The molecule has 0 spiro atoms. The van der Waals surface area contributed by atoms with Gasteiger partial charge in [0.25, 0.3) is 0 Å². The van der Waals surface area contributed by atoms with Gasteiger partial charge in [-0.25, -0.2) is 4.79 Å². The quantitative estimate of drug-likeness (QED) is 0.910. The van der Waals surface area contributed by atoms with Gasteiger partial charge in [0.05, 0.1) is 19.3 Å². The molecule has 0 aliphatic carbocycles. The minimum Gasteiger partial charge on any atom is -0.481 e. The molecule has 0 aromatic carbocycles. The summed E-state index contributed by atoms with van der Waals surface area (Å²) >= 11 is 1.58. The van der Waals surface area contributed by atoms with Crippen molar-refractivity contribution in [3.63, 3.8) is 0 Å². The number of amides is 2. The van der Waals surface area contributed by atoms with Gasteiger partial charge in [-0.05, 0) is 22.4 Å². The molecule has 1 N–H and O–H groups in total. The Hall–Kier alpha value is -1.60. The smallest absolute Gasteiger partial charge is 0.320 e. The molecule has 1 aromatic heterocycles. The second-order valence-electron chi connectivity index (χ2n) is 4.93. The number of thiophene rings is 1. The molecule has 1 aliphatic rings. The van der Waals surface area contributed by atoms with Gasteiger partial charge in [0.15, 0.2) is 0 Å². The Balaban J connectivity index is 1.99. The third-order valence-corrected chi connectivity index (χ3v) is 4.23. The van der Waals surface area contributed by atoms with E-state index in [4.69, 9.17) is 9.84 Å². The summed E-state index contributed by atoms with van der Waals surface area (Å²) in [5.41, 5.74) is 1.07. The third-order valence-electron chi connectivity index (χ3n) is 3.49. The lowest BCUT2D eigenvalue weighted by Crippen LogP contribution is -2.48. The number of nitrogens with zero attached hydrogens (tertiary/aromatic N) is 2. The van der Waals surface area contributed by atoms with E-state index in [-0.39, 0.29) is 19.2 Å². The molecule has 2 unspecified atom stereocenters. The molecule has 1 aliphatic heterocycles. The van der Waals surface area contributed by atoms with E-state index in [1.165, 1.54) is 4.90 Å². The highest BCUT2D eigenvalue weighted by Gasteiger charge is 2.39. The summed E-state index contributed by atoms with van der Waals surface area (Å²) in [6.45, 7) is 0.940. The van der Waals surface area contributed by atoms with Gasteiger partial charge in [-0.2, -0.15) is 11.3 Å². The number of hydrogen-bond donors (Lipinski definition) is 1. The Morgan fingerprint density at radius 1 is 1.45 bits per heavy atom. The summed E-state index contributed by atoms with van der Waals surface area (Å²) in [6, 6.07) is 1.36. The van der Waals surface area contributed by atoms with Crippen LogP contribution in [0.15, 0.2) is 16.8 Å². The van der Waals surface area contributed by atoms with Crippen LogP contribution in [0.4, 0.5) is 4.79 Å². The van der Waals surface area contributed by atoms with Crippen LogP contribution in [-0.2, 0) is 16.1 Å². The lowest BCUT2D eigenvalue weighted by Gasteiger charge is -2.30. The number of urea groups is 1. The fourth-order valence-corrected chi connectivity index (χ4v) is 2.96. The highest BCUT2D eigenvalue weighted by molar-refractivity contribution is 7.07. The minimum absolute atomic E-state index is 0.159. The zero-order chi connectivity index (χ0) is 14.7. The number of aliphatic carboxylic acids is 1. The number of carboxylic acid groups (broad SMARTS) is 1. The van der Waals surface area contributed by atoms with Gasteiger partial charge in [0.2, 0.25) is 0 Å². The van der Waals surface area contributed by atoms with Crippen molar-refractivity contribution in [1.82, 2.24) is 9.80 Å². The molecular formula is C13H18N2O4S. The first-order valence-electron chi connectivity index (χ1n) is 6.30. The number of likely N-dealkylation sites (N-methyl/N-ethyl adjacent to an activating group) is 1. The molecular weight excluding hydrogens is 280 g/mol. The number of rotatable bonds is 4. The molecule has 1 fully saturated rings. The molecule has 0 radical (unpaired) electrons. The van der Waals surface area contributed by atoms with Crippen molar-refractivity contribution in [2.75, 3.05) is 27.3 Å². The highest BCUT2D eigenvalue weighted by Crippen LogP contribution is 2.20. The predicted molar refractivity (Wildman–Crippen MR) is 74.7 cm³/mol. The van der Waals surface area contributed by atoms with Gasteiger partial charge in [0.1, 0.15) is 5.92 Å². The van der Waals surface area contributed by atoms with E-state index in [2.05, 4.69) is 0 Å². The Morgan fingerprint density at radius 3 is 2.80 bits per heavy atom. The standard InChI is InChI=1S/C13H18N2O4S/c1-14(5-9-3-4-20-8-9)13(18)15(2)11-7-19-6-10(11)12(16)17/h3-4,8,10-11H,5-7H2,1-2H3,(H,16,17). The van der Waals surface area contributed by atoms with Crippen LogP contribution in [0.25, 0.3) is 0 Å². The molecule has 2 atom stereocenters. The maximum absolute atomic E-state index is 12.3. The number of hydrogen-bond acceptors (Lipinski definition) is 4. The van der Waals surface area contributed by atoms with Gasteiger partial charge in [-0.3, -0.25) is 4.79 Å². The Bertz CT molecular complexity index is 477. The van der Waals surface area contributed by atoms with Crippen molar-refractivity contribution < 1.29 is 19.4 Å². The van der Waals surface area contributed by atoms with Crippen LogP contribution in [0, 0.1) is 5.92 Å². The highest BCUT2D eigenvalue weighted by atomic mass is 32.1. The zero-order valence-corrected chi connectivity index (χ0v) is 12.3. The third kappa shape index (κ3) is 3.10. The van der Waals surface area contributed by atoms with Gasteiger partial charge in [-0.15, -0.1) is 0 Å². The van der Waals surface area contributed by atoms with Gasteiger partial charge in [0, 0.05) is 20.6 Å². The van der Waals surface area contributed by atoms with Crippen molar-refractivity contribution in [2.24, 2.45) is 5.92 Å². The molecule has 2 rings (SSSR count). The lowest BCUT2D eigenvalue weighted by atomic mass is 10.0. The summed E-state index contributed by atoms with van der Waals surface area (Å²) in [4.78, 5) is 26.5. The first kappa shape index (κ1) is 14.8. The van der Waals surface area contributed by atoms with Crippen LogP contribution in [0.3, 0.4) is 0 Å². The lowest BCUT2D eigenvalue weighted by molar-refractivity contribution is -0.142. The molecule has 2 amide bonds. The Morgan fingerprint density at radius 2 is 2.20 bits per heavy atom. The van der Waals surface area contributed by atoms with E-state index >= 15 is 0 Å². The monoisotopic (exact) mass is 298 g/mol. The van der Waals surface area contributed by atoms with Crippen molar-refractivity contribution in [3.8, 4) is 0 Å². The molecule has 7 heteroatoms. The van der Waals surface area contributed by atoms with Crippen molar-refractivity contribution >= 4 is 23.3 Å². The maximum atomic E-state index is 12.3. The van der Waals surface area contributed by atoms with Crippen LogP contribution >= 0.6 is 11.3 Å². The van der Waals surface area contributed by atoms with E-state index < -0.39 is 17.9 Å². The van der Waals surface area contributed by atoms with Gasteiger partial charge < -0.3 is 19.6 Å². The number of carbonyl (C=O) groups is 2. The first-order chi connectivity index (χ1) is 9.50. The fourth-order valence-electron chi connectivity index (χ4n) is 2.30. The predicted octanol–water partition coefficient (Wildman–Crippen LogP) is 1.33. The van der Waals surface area contributed by atoms with Crippen LogP contribution in [0.2, 0.25) is 0 Å². The van der Waals surface area contributed by atoms with Crippen molar-refractivity contribution in [2.45, 2.75) is 12.6 Å². The summed E-state index contributed by atoms with van der Waals surface area (Å²) in [7, 11) is 3.34. The number of carbonyl (C=O) groups excluding carboxylic acids is 1. The molecule has 2 heterocycles. The van der Waals surface area contributed by atoms with Crippen molar-refractivity contribution in [3.05, 3.63) is 22.4 Å². The zero-order valence-electron chi connectivity index (χ0n) is 11.5. The first-order valence-corrected chi connectivity index (χ1v) is 7.24. The van der Waals surface area contributed by atoms with Crippen molar-refractivity contribution in [1.29, 1.82) is 0 Å². The number of carboxylic acids is 1. The molecule has 20 heavy (non-hydrogen) atoms. The van der Waals surface area contributed by atoms with Crippen LogP contribution in [0.1, 0.15) is 5.56 Å². The molecule has 6 nitrogen and oxygen atoms in total. The topological polar surface area (TPSA) is 70.1 Å². The van der Waals surface area contributed by atoms with E-state index in [0.29, 0.717) is 6.54 Å². The molecule has 1 aromatic rings. The fraction of sp³-hybridized carbons (Fsp3) is 0.538. The minimum atomic E-state index is -0.923. The normalized spacial score (nSPS) is 21.7. The Kier molecular flexibility index (Phi) is 4.61. The SMILES string of the molecule is CN(Cc1ccsc1)C(=O)N(C)C1COCC1C(=O)O. The summed E-state index contributed by atoms with van der Waals surface area (Å²) in [5.74, 6) is -1.58. The Labute approximate surface area is 121 Å². The van der Waals surface area contributed by atoms with E-state index in [1.54, 1.807) is 30.3 Å². The van der Waals surface area contributed by atoms with E-state index in [1.807, 2.05) is 16.8 Å². The molecule has 1 saturated heterocycles. The van der Waals surface area contributed by atoms with Crippen LogP contribution in [-0.4, -0.2) is 60.3 Å². The average Bonchev–Trinajstić information content (AvgIpc) is 3.07. The summed E-state index contributed by atoms with van der Waals surface area (Å²) in [5, 5.41) is 13.1. The summed E-state index contributed by atoms with van der Waals surface area (Å²) in [6.07, 6.45) is 0. The van der Waals surface area contributed by atoms with Gasteiger partial charge in [-0.1, -0.05) is 0 Å². The maximum Gasteiger partial charge on any atom is 0.320 e. The van der Waals surface area contributed by atoms with Crippen LogP contribution < -0.4 is 0 Å². The number of ether oxygens (including phenoxy) is 1. The van der Waals surface area contributed by atoms with E-state index in [0.717, 1.165) is 5.56 Å².